The van der Waals surface area contributed by atoms with Crippen molar-refractivity contribution in [2.24, 2.45) is 0 Å². The van der Waals surface area contributed by atoms with Gasteiger partial charge in [-0.1, -0.05) is 36.4 Å². The molecule has 0 fully saturated rings. The number of nitrogens with zero attached hydrogens (tertiary/aromatic N) is 1. The van der Waals surface area contributed by atoms with Gasteiger partial charge in [0.05, 0.1) is 0 Å². The first-order chi connectivity index (χ1) is 9.34. The maximum Gasteiger partial charge on any atom is 0.250 e. The minimum Gasteiger partial charge on any atom is -0.312 e. The molecular formula is C17H19NO. The molecule has 1 aliphatic rings. The lowest BCUT2D eigenvalue weighted by Gasteiger charge is -2.20. The maximum absolute atomic E-state index is 12.1. The van der Waals surface area contributed by atoms with Crippen LogP contribution in [-0.2, 0) is 25.8 Å². The highest BCUT2D eigenvalue weighted by Crippen LogP contribution is 2.19. The summed E-state index contributed by atoms with van der Waals surface area (Å²) in [6, 6.07) is 14.1. The van der Waals surface area contributed by atoms with Crippen LogP contribution in [0.1, 0.15) is 29.7 Å². The predicted molar refractivity (Wildman–Crippen MR) is 77.5 cm³/mol. The van der Waals surface area contributed by atoms with Gasteiger partial charge in [0.2, 0.25) is 0 Å². The van der Waals surface area contributed by atoms with Crippen LogP contribution in [0.4, 0.5) is 0 Å². The summed E-state index contributed by atoms with van der Waals surface area (Å²) in [6.07, 6.45) is 5.57. The molecule has 1 aliphatic carbocycles. The predicted octanol–water partition coefficient (Wildman–Crippen LogP) is 2.97. The molecule has 0 aliphatic heterocycles. The second-order valence-electron chi connectivity index (χ2n) is 5.24. The molecule has 0 amide bonds. The second kappa shape index (κ2) is 5.43. The standard InChI is InChI=1S/C17H19NO/c19-17-11-10-15-8-4-5-9-16(15)18(17)13-12-14-6-2-1-3-7-14/h1-3,6-7,10-11H,4-5,8-9,12-13H2. The molecule has 0 bridgehead atoms. The fourth-order valence-corrected chi connectivity index (χ4v) is 2.93. The lowest BCUT2D eigenvalue weighted by molar-refractivity contribution is 0.572. The molecule has 2 nitrogen and oxygen atoms in total. The topological polar surface area (TPSA) is 22.0 Å². The lowest BCUT2D eigenvalue weighted by Crippen LogP contribution is -2.26. The third-order valence-corrected chi connectivity index (χ3v) is 3.97. The van der Waals surface area contributed by atoms with Gasteiger partial charge in [0.1, 0.15) is 0 Å². The maximum atomic E-state index is 12.1. The van der Waals surface area contributed by atoms with E-state index in [1.807, 2.05) is 16.7 Å². The van der Waals surface area contributed by atoms with Gasteiger partial charge in [-0.3, -0.25) is 4.79 Å². The van der Waals surface area contributed by atoms with Crippen LogP contribution in [0.25, 0.3) is 0 Å². The Kier molecular flexibility index (Phi) is 3.49. The Labute approximate surface area is 113 Å². The fraction of sp³-hybridized carbons (Fsp3) is 0.353. The number of hydrogen-bond acceptors (Lipinski definition) is 1. The van der Waals surface area contributed by atoms with E-state index in [2.05, 4.69) is 24.3 Å². The van der Waals surface area contributed by atoms with E-state index in [-0.39, 0.29) is 5.56 Å². The molecule has 2 heteroatoms. The Morgan fingerprint density at radius 2 is 1.74 bits per heavy atom. The number of pyridine rings is 1. The first kappa shape index (κ1) is 12.2. The molecule has 0 atom stereocenters. The van der Waals surface area contributed by atoms with Crippen LogP contribution in [-0.4, -0.2) is 4.57 Å². The first-order valence-electron chi connectivity index (χ1n) is 7.10. The summed E-state index contributed by atoms with van der Waals surface area (Å²) in [7, 11) is 0. The van der Waals surface area contributed by atoms with Crippen LogP contribution < -0.4 is 5.56 Å². The number of hydrogen-bond donors (Lipinski definition) is 0. The van der Waals surface area contributed by atoms with Crippen molar-refractivity contribution in [1.29, 1.82) is 0 Å². The van der Waals surface area contributed by atoms with E-state index in [0.717, 1.165) is 25.8 Å². The quantitative estimate of drug-likeness (QED) is 0.824. The van der Waals surface area contributed by atoms with Crippen molar-refractivity contribution in [3.63, 3.8) is 0 Å². The highest BCUT2D eigenvalue weighted by molar-refractivity contribution is 5.24. The summed E-state index contributed by atoms with van der Waals surface area (Å²) in [5, 5.41) is 0. The molecule has 2 aromatic rings. The summed E-state index contributed by atoms with van der Waals surface area (Å²) in [5.41, 5.74) is 4.09. The first-order valence-corrected chi connectivity index (χ1v) is 7.10. The molecule has 98 valence electrons. The zero-order chi connectivity index (χ0) is 13.1. The molecular weight excluding hydrogens is 234 g/mol. The lowest BCUT2D eigenvalue weighted by atomic mass is 9.95. The van der Waals surface area contributed by atoms with Gasteiger partial charge in [-0.15, -0.1) is 0 Å². The second-order valence-corrected chi connectivity index (χ2v) is 5.24. The van der Waals surface area contributed by atoms with E-state index in [9.17, 15) is 4.79 Å². The molecule has 0 radical (unpaired) electrons. The molecule has 0 N–H and O–H groups in total. The van der Waals surface area contributed by atoms with Crippen LogP contribution in [0.15, 0.2) is 47.3 Å². The molecule has 0 saturated carbocycles. The van der Waals surface area contributed by atoms with Gasteiger partial charge >= 0.3 is 0 Å². The van der Waals surface area contributed by atoms with E-state index in [4.69, 9.17) is 0 Å². The molecule has 3 rings (SSSR count). The SMILES string of the molecule is O=c1ccc2c(n1CCc1ccccc1)CCCC2. The van der Waals surface area contributed by atoms with Gasteiger partial charge in [0.25, 0.3) is 5.56 Å². The van der Waals surface area contributed by atoms with Crippen molar-refractivity contribution >= 4 is 0 Å². The van der Waals surface area contributed by atoms with Gasteiger partial charge in [0.15, 0.2) is 0 Å². The van der Waals surface area contributed by atoms with Gasteiger partial charge in [-0.2, -0.15) is 0 Å². The van der Waals surface area contributed by atoms with E-state index >= 15 is 0 Å². The molecule has 0 saturated heterocycles. The summed E-state index contributed by atoms with van der Waals surface area (Å²) >= 11 is 0. The number of fused-ring (bicyclic) bond motifs is 1. The third-order valence-electron chi connectivity index (χ3n) is 3.97. The normalized spacial score (nSPS) is 14.1. The van der Waals surface area contributed by atoms with Crippen molar-refractivity contribution in [2.75, 3.05) is 0 Å². The third kappa shape index (κ3) is 2.62. The summed E-state index contributed by atoms with van der Waals surface area (Å²) in [5.74, 6) is 0. The van der Waals surface area contributed by atoms with Gasteiger partial charge in [-0.05, 0) is 43.2 Å². The largest absolute Gasteiger partial charge is 0.312 e. The molecule has 1 aromatic carbocycles. The van der Waals surface area contributed by atoms with Crippen LogP contribution >= 0.6 is 0 Å². The zero-order valence-corrected chi connectivity index (χ0v) is 11.1. The molecule has 1 aromatic heterocycles. The number of aromatic nitrogens is 1. The Morgan fingerprint density at radius 1 is 0.947 bits per heavy atom. The van der Waals surface area contributed by atoms with E-state index in [0.29, 0.717) is 0 Å². The van der Waals surface area contributed by atoms with E-state index in [1.165, 1.54) is 29.7 Å². The van der Waals surface area contributed by atoms with Gasteiger partial charge < -0.3 is 4.57 Å². The van der Waals surface area contributed by atoms with Crippen LogP contribution in [0.2, 0.25) is 0 Å². The summed E-state index contributed by atoms with van der Waals surface area (Å²) in [4.78, 5) is 12.1. The highest BCUT2D eigenvalue weighted by Gasteiger charge is 2.13. The van der Waals surface area contributed by atoms with Crippen LogP contribution in [0.5, 0.6) is 0 Å². The zero-order valence-electron chi connectivity index (χ0n) is 11.1. The summed E-state index contributed by atoms with van der Waals surface area (Å²) < 4.78 is 1.99. The number of aryl methyl sites for hydroxylation is 2. The van der Waals surface area contributed by atoms with Crippen molar-refractivity contribution in [2.45, 2.75) is 38.6 Å². The van der Waals surface area contributed by atoms with Crippen LogP contribution in [0, 0.1) is 0 Å². The van der Waals surface area contributed by atoms with Gasteiger partial charge in [-0.25, -0.2) is 0 Å². The number of benzene rings is 1. The monoisotopic (exact) mass is 253 g/mol. The Morgan fingerprint density at radius 3 is 2.58 bits per heavy atom. The molecule has 1 heterocycles. The van der Waals surface area contributed by atoms with Crippen molar-refractivity contribution in [1.82, 2.24) is 4.57 Å². The Bertz CT molecular complexity index is 613. The molecule has 0 unspecified atom stereocenters. The smallest absolute Gasteiger partial charge is 0.250 e. The minimum atomic E-state index is 0.150. The minimum absolute atomic E-state index is 0.150. The summed E-state index contributed by atoms with van der Waals surface area (Å²) in [6.45, 7) is 0.798. The van der Waals surface area contributed by atoms with Crippen LogP contribution in [0.3, 0.4) is 0 Å². The Balaban J connectivity index is 1.86. The van der Waals surface area contributed by atoms with Crippen molar-refractivity contribution in [3.05, 3.63) is 69.6 Å². The highest BCUT2D eigenvalue weighted by atomic mass is 16.1. The average Bonchev–Trinajstić information content (AvgIpc) is 2.47. The average molecular weight is 253 g/mol. The fourth-order valence-electron chi connectivity index (χ4n) is 2.93. The van der Waals surface area contributed by atoms with E-state index < -0.39 is 0 Å². The van der Waals surface area contributed by atoms with Gasteiger partial charge in [0, 0.05) is 18.3 Å². The van der Waals surface area contributed by atoms with Crippen molar-refractivity contribution in [3.8, 4) is 0 Å². The Hall–Kier alpha value is -1.83. The number of rotatable bonds is 3. The van der Waals surface area contributed by atoms with Crippen molar-refractivity contribution < 1.29 is 0 Å². The molecule has 0 spiro atoms. The molecule has 19 heavy (non-hydrogen) atoms. The van der Waals surface area contributed by atoms with E-state index in [1.54, 1.807) is 6.07 Å².